The lowest BCUT2D eigenvalue weighted by Gasteiger charge is -2.61. The Labute approximate surface area is 228 Å². The minimum absolute atomic E-state index is 0.0627. The molecule has 0 amide bonds. The highest BCUT2D eigenvalue weighted by atomic mass is 79.9. The molecule has 4 heteroatoms. The molecule has 188 valence electrons. The van der Waals surface area contributed by atoms with E-state index in [1.165, 1.54) is 57.8 Å². The maximum atomic E-state index is 6.33. The summed E-state index contributed by atoms with van der Waals surface area (Å²) >= 11 is 12.3. The molecule has 0 bridgehead atoms. The van der Waals surface area contributed by atoms with Gasteiger partial charge in [-0.15, -0.1) is 0 Å². The van der Waals surface area contributed by atoms with Gasteiger partial charge in [-0.25, -0.2) is 0 Å². The monoisotopic (exact) mass is 646 g/mol. The van der Waals surface area contributed by atoms with E-state index in [1.54, 1.807) is 0 Å². The van der Waals surface area contributed by atoms with Gasteiger partial charge in [-0.3, -0.25) is 0 Å². The number of alkyl halides is 3. The van der Waals surface area contributed by atoms with Crippen molar-refractivity contribution in [1.29, 1.82) is 0 Å². The fourth-order valence-corrected chi connectivity index (χ4v) is 15.3. The largest absolute Gasteiger partial charge is 0.381 e. The van der Waals surface area contributed by atoms with E-state index >= 15 is 0 Å². The van der Waals surface area contributed by atoms with Crippen molar-refractivity contribution in [3.05, 3.63) is 0 Å². The third-order valence-electron chi connectivity index (χ3n) is 13.4. The number of hydrogen-bond acceptors (Lipinski definition) is 1. The van der Waals surface area contributed by atoms with Gasteiger partial charge in [0.25, 0.3) is 0 Å². The highest BCUT2D eigenvalue weighted by molar-refractivity contribution is 9.26. The van der Waals surface area contributed by atoms with Gasteiger partial charge >= 0.3 is 0 Å². The Bertz CT molecular complexity index is 828. The van der Waals surface area contributed by atoms with Gasteiger partial charge in [0.05, 0.1) is 10.4 Å². The number of fused-ring (bicyclic) bond motifs is 4. The summed E-state index contributed by atoms with van der Waals surface area (Å²) < 4.78 is 6.58. The van der Waals surface area contributed by atoms with Gasteiger partial charge in [-0.2, -0.15) is 0 Å². The second-order valence-electron chi connectivity index (χ2n) is 14.3. The van der Waals surface area contributed by atoms with Gasteiger partial charge in [-0.1, -0.05) is 82.4 Å². The summed E-state index contributed by atoms with van der Waals surface area (Å²) in [5, 5.41) is 0. The predicted octanol–water partition coefficient (Wildman–Crippen LogP) is 9.20. The van der Waals surface area contributed by atoms with E-state index in [2.05, 4.69) is 82.4 Å². The van der Waals surface area contributed by atoms with Crippen LogP contribution in [0.1, 0.15) is 92.4 Å². The van der Waals surface area contributed by atoms with E-state index < -0.39 is 0 Å². The SMILES string of the molecule is CO[C@@H]1C[C@H]2[C@@H]3CC[C@H]([C@H](C)C[C@@H]4C(Br)(Br)[C@]4(Br)C(C)C)[C@@]3(C)CC[C@@H]2[C@@]2(C)CC[C@@H]3C[C@]312. The second kappa shape index (κ2) is 7.49. The maximum Gasteiger partial charge on any atom is 0.101 e. The van der Waals surface area contributed by atoms with E-state index in [0.29, 0.717) is 34.2 Å². The lowest BCUT2D eigenvalue weighted by atomic mass is 9.45. The van der Waals surface area contributed by atoms with Gasteiger partial charge in [0.15, 0.2) is 0 Å². The molecule has 6 rings (SSSR count). The Morgan fingerprint density at radius 3 is 2.27 bits per heavy atom. The predicted molar refractivity (Wildman–Crippen MR) is 148 cm³/mol. The van der Waals surface area contributed by atoms with Crippen molar-refractivity contribution in [3.8, 4) is 0 Å². The van der Waals surface area contributed by atoms with E-state index in [9.17, 15) is 0 Å². The van der Waals surface area contributed by atoms with Crippen molar-refractivity contribution < 1.29 is 4.74 Å². The smallest absolute Gasteiger partial charge is 0.101 e. The number of hydrogen-bond donors (Lipinski definition) is 0. The zero-order valence-electron chi connectivity index (χ0n) is 21.6. The van der Waals surface area contributed by atoms with E-state index in [4.69, 9.17) is 4.74 Å². The van der Waals surface area contributed by atoms with E-state index in [-0.39, 0.29) is 7.56 Å². The van der Waals surface area contributed by atoms with Crippen LogP contribution in [0.15, 0.2) is 0 Å². The number of halogens is 3. The van der Waals surface area contributed by atoms with Crippen molar-refractivity contribution in [2.24, 2.45) is 63.6 Å². The third kappa shape index (κ3) is 2.85. The van der Waals surface area contributed by atoms with Gasteiger partial charge in [0.2, 0.25) is 0 Å². The Balaban J connectivity index is 1.23. The molecule has 0 aromatic rings. The Morgan fingerprint density at radius 1 is 0.939 bits per heavy atom. The molecule has 0 N–H and O–H groups in total. The molecule has 1 nitrogen and oxygen atoms in total. The van der Waals surface area contributed by atoms with E-state index in [0.717, 1.165) is 35.5 Å². The molecule has 0 saturated heterocycles. The van der Waals surface area contributed by atoms with Crippen LogP contribution in [0, 0.1) is 63.6 Å². The third-order valence-corrected chi connectivity index (χ3v) is 19.0. The first-order chi connectivity index (χ1) is 15.4. The van der Waals surface area contributed by atoms with Crippen molar-refractivity contribution in [1.82, 2.24) is 0 Å². The summed E-state index contributed by atoms with van der Waals surface area (Å²) in [6.45, 7) is 12.7. The Kier molecular flexibility index (Phi) is 5.61. The summed E-state index contributed by atoms with van der Waals surface area (Å²) in [4.78, 5) is 0. The van der Waals surface area contributed by atoms with Gasteiger partial charge in [0, 0.05) is 18.4 Å². The lowest BCUT2D eigenvalue weighted by molar-refractivity contribution is -0.161. The topological polar surface area (TPSA) is 9.23 Å². The van der Waals surface area contributed by atoms with Crippen LogP contribution in [0.2, 0.25) is 0 Å². The standard InChI is InChI=1S/C29H45Br3O/c1-16(2)28(30)23(29(28,31)32)13-17(3)20-7-8-21-19-14-24(33-6)27-15-18(27)9-12-26(27,5)22(19)10-11-25(20,21)4/h16-24H,7-15H2,1-6H3/t17-,18-,19+,20-,21+,22+,23+,24-,25-,26-,27+,28+/m1/s1. The van der Waals surface area contributed by atoms with Crippen LogP contribution in [0.5, 0.6) is 0 Å². The Hall–Kier alpha value is 1.40. The number of ether oxygens (including phenoxy) is 1. The lowest BCUT2D eigenvalue weighted by Crippen LogP contribution is -2.57. The average Bonchev–Trinajstić information content (AvgIpc) is 3.44. The van der Waals surface area contributed by atoms with Crippen molar-refractivity contribution in [2.75, 3.05) is 7.11 Å². The van der Waals surface area contributed by atoms with Crippen LogP contribution in [0.3, 0.4) is 0 Å². The second-order valence-corrected chi connectivity index (χ2v) is 19.2. The molecule has 0 aromatic carbocycles. The fourth-order valence-electron chi connectivity index (χ4n) is 11.7. The van der Waals surface area contributed by atoms with Crippen LogP contribution < -0.4 is 0 Å². The van der Waals surface area contributed by atoms with Crippen LogP contribution in [-0.2, 0) is 4.74 Å². The van der Waals surface area contributed by atoms with Crippen LogP contribution in [0.4, 0.5) is 0 Å². The van der Waals surface area contributed by atoms with Gasteiger partial charge in [-0.05, 0) is 110 Å². The number of methoxy groups -OCH3 is 1. The molecule has 6 saturated carbocycles. The highest BCUT2D eigenvalue weighted by Crippen LogP contribution is 2.82. The summed E-state index contributed by atoms with van der Waals surface area (Å²) in [6.07, 6.45) is 13.5. The minimum Gasteiger partial charge on any atom is -0.381 e. The molecule has 0 radical (unpaired) electrons. The van der Waals surface area contributed by atoms with E-state index in [1.807, 2.05) is 7.11 Å². The van der Waals surface area contributed by atoms with Crippen LogP contribution in [0.25, 0.3) is 0 Å². The molecule has 33 heavy (non-hydrogen) atoms. The van der Waals surface area contributed by atoms with Crippen LogP contribution >= 0.6 is 47.8 Å². The Morgan fingerprint density at radius 2 is 1.67 bits per heavy atom. The molecule has 6 fully saturated rings. The highest BCUT2D eigenvalue weighted by Gasteiger charge is 2.78. The zero-order chi connectivity index (χ0) is 23.8. The molecule has 6 aliphatic rings. The molecule has 0 aliphatic heterocycles. The quantitative estimate of drug-likeness (QED) is 0.270. The average molecular weight is 649 g/mol. The van der Waals surface area contributed by atoms with Crippen LogP contribution in [-0.4, -0.2) is 20.8 Å². The molecular formula is C29H45Br3O. The molecule has 0 aromatic heterocycles. The van der Waals surface area contributed by atoms with Gasteiger partial charge < -0.3 is 4.74 Å². The van der Waals surface area contributed by atoms with Crippen molar-refractivity contribution in [2.45, 2.75) is 106 Å². The summed E-state index contributed by atoms with van der Waals surface area (Å²) in [7, 11) is 2.03. The normalized spacial score (nSPS) is 58.9. The fraction of sp³-hybridized carbons (Fsp3) is 1.00. The first-order valence-electron chi connectivity index (χ1n) is 14.0. The first kappa shape index (κ1) is 24.7. The molecule has 0 heterocycles. The van der Waals surface area contributed by atoms with Gasteiger partial charge in [0.1, 0.15) is 3.23 Å². The summed E-state index contributed by atoms with van der Waals surface area (Å²) in [5.74, 6) is 6.72. The molecule has 1 spiro atoms. The first-order valence-corrected chi connectivity index (χ1v) is 16.4. The minimum atomic E-state index is 0.0627. The van der Waals surface area contributed by atoms with Crippen molar-refractivity contribution >= 4 is 47.8 Å². The summed E-state index contributed by atoms with van der Waals surface area (Å²) in [6, 6.07) is 0. The molecular weight excluding hydrogens is 604 g/mol. The molecule has 12 atom stereocenters. The molecule has 6 aliphatic carbocycles. The summed E-state index contributed by atoms with van der Waals surface area (Å²) in [5.41, 5.74) is 1.64. The maximum absolute atomic E-state index is 6.33. The van der Waals surface area contributed by atoms with Crippen molar-refractivity contribution in [3.63, 3.8) is 0 Å². The zero-order valence-corrected chi connectivity index (χ0v) is 26.4. The number of rotatable bonds is 5. The molecule has 0 unspecified atom stereocenters.